The van der Waals surface area contributed by atoms with Gasteiger partial charge in [-0.2, -0.15) is 11.8 Å². The summed E-state index contributed by atoms with van der Waals surface area (Å²) in [7, 11) is 0. The number of aliphatic carboxylic acids is 2. The Morgan fingerprint density at radius 2 is 1.86 bits per heavy atom. The summed E-state index contributed by atoms with van der Waals surface area (Å²) in [4.78, 5) is 19.3. The molecule has 14 heavy (non-hydrogen) atoms. The second kappa shape index (κ2) is 10.3. The van der Waals surface area contributed by atoms with Crippen molar-refractivity contribution in [3.63, 3.8) is 0 Å². The molecule has 0 aliphatic heterocycles. The lowest BCUT2D eigenvalue weighted by Gasteiger charge is -2.02. The monoisotopic (exact) mass is 224 g/mol. The van der Waals surface area contributed by atoms with Crippen molar-refractivity contribution in [3.8, 4) is 0 Å². The molecular weight excluding hydrogens is 208 g/mol. The Hall–Kier alpha value is -0.790. The third-order valence-electron chi connectivity index (χ3n) is 1.12. The molecule has 0 saturated carbocycles. The molecule has 84 valence electrons. The van der Waals surface area contributed by atoms with Crippen molar-refractivity contribution >= 4 is 23.7 Å². The van der Waals surface area contributed by atoms with Gasteiger partial charge in [-0.1, -0.05) is 0 Å². The summed E-state index contributed by atoms with van der Waals surface area (Å²) in [6, 6.07) is -0.683. The first-order valence-corrected chi connectivity index (χ1v) is 5.24. The molecule has 0 heterocycles. The number of carboxylic acids is 2. The van der Waals surface area contributed by atoms with Gasteiger partial charge < -0.3 is 21.7 Å². The fourth-order valence-electron chi connectivity index (χ4n) is 0.368. The second-order valence-electron chi connectivity index (χ2n) is 2.32. The Kier molecular flexibility index (Phi) is 11.5. The van der Waals surface area contributed by atoms with Gasteiger partial charge in [0.05, 0.1) is 6.54 Å². The normalized spacial score (nSPS) is 11.1. The van der Waals surface area contributed by atoms with E-state index in [2.05, 4.69) is 5.73 Å². The third-order valence-corrected chi connectivity index (χ3v) is 1.77. The van der Waals surface area contributed by atoms with Crippen molar-refractivity contribution in [3.05, 3.63) is 0 Å². The molecule has 1 unspecified atom stereocenters. The molecule has 0 radical (unpaired) electrons. The first-order chi connectivity index (χ1) is 6.45. The zero-order valence-electron chi connectivity index (χ0n) is 7.97. The van der Waals surface area contributed by atoms with E-state index in [0.717, 1.165) is 5.75 Å². The highest BCUT2D eigenvalue weighted by Crippen LogP contribution is 1.97. The average molecular weight is 224 g/mol. The summed E-state index contributed by atoms with van der Waals surface area (Å²) in [6.45, 7) is -0.278. The van der Waals surface area contributed by atoms with Gasteiger partial charge in [0.25, 0.3) is 0 Å². The number of hydrogen-bond acceptors (Lipinski definition) is 5. The maximum absolute atomic E-state index is 10.1. The smallest absolute Gasteiger partial charge is 0.320 e. The van der Waals surface area contributed by atoms with Crippen LogP contribution in [0.4, 0.5) is 0 Å². The summed E-state index contributed by atoms with van der Waals surface area (Å²) in [5, 5.41) is 15.9. The van der Waals surface area contributed by atoms with Crippen LogP contribution in [0.5, 0.6) is 0 Å². The van der Waals surface area contributed by atoms with Crippen LogP contribution in [0.2, 0.25) is 0 Å². The van der Waals surface area contributed by atoms with Crippen molar-refractivity contribution in [2.45, 2.75) is 12.5 Å². The summed E-state index contributed by atoms with van der Waals surface area (Å²) < 4.78 is 0. The Labute approximate surface area is 86.6 Å². The van der Waals surface area contributed by atoms with Crippen molar-refractivity contribution in [1.82, 2.24) is 0 Å². The zero-order chi connectivity index (χ0) is 11.6. The maximum Gasteiger partial charge on any atom is 0.320 e. The van der Waals surface area contributed by atoms with E-state index in [1.54, 1.807) is 11.8 Å². The summed E-state index contributed by atoms with van der Waals surface area (Å²) in [5.41, 5.74) is 9.76. The molecule has 6 nitrogen and oxygen atoms in total. The van der Waals surface area contributed by atoms with Crippen LogP contribution in [0.1, 0.15) is 6.42 Å². The van der Waals surface area contributed by atoms with E-state index in [1.807, 2.05) is 6.26 Å². The van der Waals surface area contributed by atoms with Gasteiger partial charge >= 0.3 is 11.9 Å². The van der Waals surface area contributed by atoms with E-state index in [0.29, 0.717) is 6.42 Å². The first-order valence-electron chi connectivity index (χ1n) is 3.84. The Morgan fingerprint density at radius 3 is 2.07 bits per heavy atom. The van der Waals surface area contributed by atoms with Crippen LogP contribution < -0.4 is 11.5 Å². The van der Waals surface area contributed by atoms with Gasteiger partial charge in [-0.05, 0) is 18.4 Å². The molecule has 0 amide bonds. The van der Waals surface area contributed by atoms with Crippen LogP contribution >= 0.6 is 11.8 Å². The van der Waals surface area contributed by atoms with Gasteiger partial charge in [0.1, 0.15) is 6.04 Å². The van der Waals surface area contributed by atoms with Gasteiger partial charge in [-0.25, -0.2) is 0 Å². The Bertz CT molecular complexity index is 177. The maximum atomic E-state index is 10.1. The van der Waals surface area contributed by atoms with E-state index >= 15 is 0 Å². The molecule has 0 aliphatic rings. The topological polar surface area (TPSA) is 127 Å². The number of hydrogen-bond donors (Lipinski definition) is 4. The number of rotatable bonds is 5. The molecule has 7 heteroatoms. The predicted molar refractivity (Wildman–Crippen MR) is 55.3 cm³/mol. The van der Waals surface area contributed by atoms with Crippen LogP contribution in [0, 0.1) is 0 Å². The highest BCUT2D eigenvalue weighted by Gasteiger charge is 2.08. The number of carboxylic acid groups (broad SMARTS) is 2. The fraction of sp³-hybridized carbons (Fsp3) is 0.714. The van der Waals surface area contributed by atoms with E-state index < -0.39 is 18.0 Å². The molecule has 0 aromatic heterocycles. The van der Waals surface area contributed by atoms with Gasteiger partial charge in [0.15, 0.2) is 0 Å². The number of nitrogens with two attached hydrogens (primary N) is 2. The highest BCUT2D eigenvalue weighted by atomic mass is 32.2. The lowest BCUT2D eigenvalue weighted by atomic mass is 10.2. The third kappa shape index (κ3) is 13.8. The van der Waals surface area contributed by atoms with Crippen molar-refractivity contribution < 1.29 is 19.8 Å². The molecule has 6 N–H and O–H groups in total. The van der Waals surface area contributed by atoms with Gasteiger partial charge in [0.2, 0.25) is 0 Å². The van der Waals surface area contributed by atoms with E-state index in [-0.39, 0.29) is 6.54 Å². The molecule has 0 rings (SSSR count). The first kappa shape index (κ1) is 15.7. The SMILES string of the molecule is CSCCC(N)C(=O)O.NCC(=O)O. The quantitative estimate of drug-likeness (QED) is 0.480. The molecule has 0 saturated heterocycles. The molecule has 0 bridgehead atoms. The molecule has 0 aromatic carbocycles. The summed E-state index contributed by atoms with van der Waals surface area (Å²) in [5.74, 6) is -1.07. The average Bonchev–Trinajstić information content (AvgIpc) is 2.14. The molecule has 0 aromatic rings. The van der Waals surface area contributed by atoms with Gasteiger partial charge in [-0.3, -0.25) is 9.59 Å². The standard InChI is InChI=1S/C5H11NO2S.C2H5NO2/c1-9-3-2-4(6)5(7)8;3-1-2(4)5/h4H,2-3,6H2,1H3,(H,7,8);1,3H2,(H,4,5). The van der Waals surface area contributed by atoms with E-state index in [1.165, 1.54) is 0 Å². The largest absolute Gasteiger partial charge is 0.480 e. The minimum absolute atomic E-state index is 0.278. The van der Waals surface area contributed by atoms with Crippen LogP contribution in [0.25, 0.3) is 0 Å². The zero-order valence-corrected chi connectivity index (χ0v) is 8.79. The molecule has 0 spiro atoms. The minimum Gasteiger partial charge on any atom is -0.480 e. The summed E-state index contributed by atoms with van der Waals surface area (Å²) >= 11 is 1.60. The van der Waals surface area contributed by atoms with Crippen LogP contribution in [0.15, 0.2) is 0 Å². The minimum atomic E-state index is -0.968. The molecule has 0 fully saturated rings. The van der Waals surface area contributed by atoms with E-state index in [9.17, 15) is 9.59 Å². The highest BCUT2D eigenvalue weighted by molar-refractivity contribution is 7.98. The second-order valence-corrected chi connectivity index (χ2v) is 3.31. The molecular formula is C7H16N2O4S. The lowest BCUT2D eigenvalue weighted by molar-refractivity contribution is -0.138. The van der Waals surface area contributed by atoms with E-state index in [4.69, 9.17) is 15.9 Å². The summed E-state index contributed by atoms with van der Waals surface area (Å²) in [6.07, 6.45) is 2.48. The van der Waals surface area contributed by atoms with Crippen LogP contribution in [-0.4, -0.2) is 46.7 Å². The predicted octanol–water partition coefficient (Wildman–Crippen LogP) is -0.819. The number of carbonyl (C=O) groups is 2. The van der Waals surface area contributed by atoms with Gasteiger partial charge in [-0.15, -0.1) is 0 Å². The van der Waals surface area contributed by atoms with Crippen molar-refractivity contribution in [1.29, 1.82) is 0 Å². The lowest BCUT2D eigenvalue weighted by Crippen LogP contribution is -2.30. The Balaban J connectivity index is 0. The Morgan fingerprint density at radius 1 is 1.43 bits per heavy atom. The van der Waals surface area contributed by atoms with Crippen molar-refractivity contribution in [2.24, 2.45) is 11.5 Å². The van der Waals surface area contributed by atoms with Gasteiger partial charge in [0, 0.05) is 0 Å². The fourth-order valence-corrected chi connectivity index (χ4v) is 0.858. The molecule has 0 aliphatic carbocycles. The molecule has 1 atom stereocenters. The van der Waals surface area contributed by atoms with Crippen LogP contribution in [0.3, 0.4) is 0 Å². The van der Waals surface area contributed by atoms with Crippen molar-refractivity contribution in [2.75, 3.05) is 18.6 Å². The van der Waals surface area contributed by atoms with Crippen LogP contribution in [-0.2, 0) is 9.59 Å². The number of thioether (sulfide) groups is 1.